The molecule has 0 aromatic rings. The Morgan fingerprint density at radius 1 is 1.00 bits per heavy atom. The Morgan fingerprint density at radius 2 is 1.38 bits per heavy atom. The second kappa shape index (κ2) is 12.5. The van der Waals surface area contributed by atoms with Crippen LogP contribution in [-0.4, -0.2) is 57.1 Å². The van der Waals surface area contributed by atoms with Gasteiger partial charge in [-0.1, -0.05) is 26.7 Å². The van der Waals surface area contributed by atoms with Gasteiger partial charge in [0.1, 0.15) is 0 Å². The molecule has 0 aliphatic rings. The van der Waals surface area contributed by atoms with Crippen molar-refractivity contribution < 1.29 is 14.3 Å². The molecule has 0 spiro atoms. The number of hydrogen-bond donors (Lipinski definition) is 0. The molecule has 0 aliphatic carbocycles. The summed E-state index contributed by atoms with van der Waals surface area (Å²) in [7, 11) is 0. The van der Waals surface area contributed by atoms with Crippen LogP contribution in [0.1, 0.15) is 39.5 Å². The van der Waals surface area contributed by atoms with Crippen molar-refractivity contribution in [2.45, 2.75) is 39.5 Å². The minimum absolute atomic E-state index is 0. The summed E-state index contributed by atoms with van der Waals surface area (Å²) in [6, 6.07) is 0. The molecule has 0 aromatic heterocycles. The maximum absolute atomic E-state index is 10.7. The zero-order valence-electron chi connectivity index (χ0n) is 7.97. The van der Waals surface area contributed by atoms with Crippen LogP contribution in [0.5, 0.6) is 0 Å². The number of unbranched alkanes of at least 4 members (excludes halogenated alkanes) is 2. The Kier molecular flexibility index (Phi) is 15.4. The Hall–Kier alpha value is 0.530. The molecular weight excluding hydrogens is 196 g/mol. The average molecular weight is 216 g/mol. The Balaban J connectivity index is 0. The molecule has 0 atom stereocenters. The van der Waals surface area contributed by atoms with Crippen LogP contribution in [0.25, 0.3) is 0 Å². The van der Waals surface area contributed by atoms with E-state index in [2.05, 4.69) is 0 Å². The van der Waals surface area contributed by atoms with Crippen molar-refractivity contribution in [2.24, 2.45) is 0 Å². The topological polar surface area (TPSA) is 35.5 Å². The van der Waals surface area contributed by atoms with Gasteiger partial charge in [0.05, 0.1) is 13.2 Å². The van der Waals surface area contributed by atoms with E-state index in [0.717, 1.165) is 25.7 Å². The predicted molar refractivity (Wildman–Crippen MR) is 55.7 cm³/mol. The van der Waals surface area contributed by atoms with E-state index in [1.165, 1.54) is 0 Å². The van der Waals surface area contributed by atoms with Gasteiger partial charge in [-0.15, -0.1) is 0 Å². The van der Waals surface area contributed by atoms with E-state index < -0.39 is 6.16 Å². The molecule has 0 bridgehead atoms. The van der Waals surface area contributed by atoms with E-state index in [1.54, 1.807) is 0 Å². The number of rotatable bonds is 6. The summed E-state index contributed by atoms with van der Waals surface area (Å²) in [5.41, 5.74) is 0. The zero-order chi connectivity index (χ0) is 9.23. The molecule has 0 N–H and O–H groups in total. The van der Waals surface area contributed by atoms with Crippen molar-refractivity contribution in [3.8, 4) is 0 Å². The fourth-order valence-electron chi connectivity index (χ4n) is 0.641. The van der Waals surface area contributed by atoms with Crippen LogP contribution in [0.15, 0.2) is 0 Å². The minimum atomic E-state index is -0.531. The molecule has 0 rings (SSSR count). The summed E-state index contributed by atoms with van der Waals surface area (Å²) in [6.07, 6.45) is 3.34. The molecule has 76 valence electrons. The molecule has 0 amide bonds. The summed E-state index contributed by atoms with van der Waals surface area (Å²) in [4.78, 5) is 10.7. The second-order valence-electron chi connectivity index (χ2n) is 2.65. The van der Waals surface area contributed by atoms with Crippen molar-refractivity contribution in [3.63, 3.8) is 0 Å². The summed E-state index contributed by atoms with van der Waals surface area (Å²) in [5, 5.41) is 0. The molecule has 0 aromatic carbocycles. The zero-order valence-corrected chi connectivity index (χ0v) is 7.97. The Morgan fingerprint density at radius 3 is 1.69 bits per heavy atom. The normalized spacial score (nSPS) is 8.77. The van der Waals surface area contributed by atoms with Crippen LogP contribution < -0.4 is 0 Å². The van der Waals surface area contributed by atoms with Crippen molar-refractivity contribution in [1.82, 2.24) is 0 Å². The fourth-order valence-corrected chi connectivity index (χ4v) is 0.641. The monoisotopic (exact) mass is 216 g/mol. The fraction of sp³-hybridized carbons (Fsp3) is 0.889. The standard InChI is InChI=1S/C9H18O3.Ca.2H/c1-3-5-7-11-9(10)12-8-6-4-2;;;/h3-8H2,1-2H3;;;. The average Bonchev–Trinajstić information content (AvgIpc) is 2.06. The molecule has 0 heterocycles. The molecule has 0 unspecified atom stereocenters. The Bertz CT molecular complexity index is 105. The van der Waals surface area contributed by atoms with E-state index in [0.29, 0.717) is 13.2 Å². The van der Waals surface area contributed by atoms with Crippen LogP contribution in [0.4, 0.5) is 4.79 Å². The van der Waals surface area contributed by atoms with Gasteiger partial charge in [-0.3, -0.25) is 0 Å². The van der Waals surface area contributed by atoms with Crippen molar-refractivity contribution in [2.75, 3.05) is 13.2 Å². The van der Waals surface area contributed by atoms with Gasteiger partial charge in [-0.05, 0) is 12.8 Å². The molecular formula is C9H20CaO3. The molecule has 13 heavy (non-hydrogen) atoms. The third kappa shape index (κ3) is 12.5. The number of carbonyl (C=O) groups is 1. The molecule has 0 saturated carbocycles. The van der Waals surface area contributed by atoms with Gasteiger partial charge in [0, 0.05) is 0 Å². The maximum atomic E-state index is 10.7. The first-order valence-corrected chi connectivity index (χ1v) is 4.60. The summed E-state index contributed by atoms with van der Waals surface area (Å²) in [6.45, 7) is 5.04. The summed E-state index contributed by atoms with van der Waals surface area (Å²) < 4.78 is 9.54. The van der Waals surface area contributed by atoms with Crippen LogP contribution in [0.3, 0.4) is 0 Å². The van der Waals surface area contributed by atoms with Gasteiger partial charge in [-0.2, -0.15) is 0 Å². The molecule has 0 fully saturated rings. The molecule has 4 heteroatoms. The molecule has 0 saturated heterocycles. The van der Waals surface area contributed by atoms with Crippen molar-refractivity contribution in [1.29, 1.82) is 0 Å². The van der Waals surface area contributed by atoms with Crippen LogP contribution in [0, 0.1) is 0 Å². The number of carbonyl (C=O) groups excluding carboxylic acids is 1. The first-order chi connectivity index (χ1) is 5.81. The van der Waals surface area contributed by atoms with Gasteiger partial charge < -0.3 is 9.47 Å². The van der Waals surface area contributed by atoms with Crippen LogP contribution in [-0.2, 0) is 9.47 Å². The molecule has 0 aliphatic heterocycles. The molecule has 3 nitrogen and oxygen atoms in total. The Labute approximate surface area is 110 Å². The van der Waals surface area contributed by atoms with E-state index in [4.69, 9.17) is 9.47 Å². The third-order valence-corrected chi connectivity index (χ3v) is 1.44. The number of ether oxygens (including phenoxy) is 2. The SMILES string of the molecule is CCCCOC(=O)OCCCC.[CaH2]. The summed E-state index contributed by atoms with van der Waals surface area (Å²) >= 11 is 0. The van der Waals surface area contributed by atoms with E-state index in [1.807, 2.05) is 13.8 Å². The van der Waals surface area contributed by atoms with E-state index in [9.17, 15) is 4.79 Å². The molecule has 0 radical (unpaired) electrons. The van der Waals surface area contributed by atoms with Crippen LogP contribution in [0.2, 0.25) is 0 Å². The van der Waals surface area contributed by atoms with Gasteiger partial charge in [0.25, 0.3) is 0 Å². The predicted octanol–water partition coefficient (Wildman–Crippen LogP) is 1.82. The van der Waals surface area contributed by atoms with Crippen molar-refractivity contribution in [3.05, 3.63) is 0 Å². The first kappa shape index (κ1) is 16.0. The van der Waals surface area contributed by atoms with Crippen molar-refractivity contribution >= 4 is 43.9 Å². The second-order valence-corrected chi connectivity index (χ2v) is 2.65. The number of hydrogen-bond acceptors (Lipinski definition) is 3. The van der Waals surface area contributed by atoms with E-state index >= 15 is 0 Å². The van der Waals surface area contributed by atoms with Gasteiger partial charge in [0.15, 0.2) is 0 Å². The van der Waals surface area contributed by atoms with Gasteiger partial charge in [-0.25, -0.2) is 4.79 Å². The van der Waals surface area contributed by atoms with Gasteiger partial charge in [0.2, 0.25) is 0 Å². The summed E-state index contributed by atoms with van der Waals surface area (Å²) in [5.74, 6) is 0. The third-order valence-electron chi connectivity index (χ3n) is 1.44. The van der Waals surface area contributed by atoms with Gasteiger partial charge >= 0.3 is 43.9 Å². The van der Waals surface area contributed by atoms with E-state index in [-0.39, 0.29) is 37.7 Å². The van der Waals surface area contributed by atoms with Crippen LogP contribution >= 0.6 is 0 Å². The quantitative estimate of drug-likeness (QED) is 0.386. The first-order valence-electron chi connectivity index (χ1n) is 4.60.